The number of rotatable bonds is 6. The number of hydrogen-bond acceptors (Lipinski definition) is 6. The summed E-state index contributed by atoms with van der Waals surface area (Å²) in [4.78, 5) is 16.1. The first-order valence-electron chi connectivity index (χ1n) is 7.54. The number of nitrogens with zero attached hydrogens (tertiary/aromatic N) is 3. The van der Waals surface area contributed by atoms with Crippen LogP contribution in [0.15, 0.2) is 58.4 Å². The molecule has 1 aromatic carbocycles. The molecular formula is C17H15ClN4O2S. The highest BCUT2D eigenvalue weighted by molar-refractivity contribution is 7.99. The van der Waals surface area contributed by atoms with E-state index in [1.54, 1.807) is 24.5 Å². The molecule has 3 rings (SSSR count). The van der Waals surface area contributed by atoms with E-state index in [0.717, 1.165) is 11.1 Å². The van der Waals surface area contributed by atoms with Gasteiger partial charge in [0.15, 0.2) is 0 Å². The Balaban J connectivity index is 1.54. The Morgan fingerprint density at radius 3 is 2.88 bits per heavy atom. The van der Waals surface area contributed by atoms with Crippen molar-refractivity contribution in [2.24, 2.45) is 0 Å². The minimum atomic E-state index is -0.185. The summed E-state index contributed by atoms with van der Waals surface area (Å²) in [5.74, 6) is 0.405. The third kappa shape index (κ3) is 4.58. The number of thioether (sulfide) groups is 1. The molecule has 6 nitrogen and oxygen atoms in total. The summed E-state index contributed by atoms with van der Waals surface area (Å²) >= 11 is 7.32. The lowest BCUT2D eigenvalue weighted by Gasteiger charge is -2.15. The smallest absolute Gasteiger partial charge is 0.277 e. The van der Waals surface area contributed by atoms with Gasteiger partial charge < -0.3 is 9.73 Å². The fourth-order valence-corrected chi connectivity index (χ4v) is 3.06. The summed E-state index contributed by atoms with van der Waals surface area (Å²) in [6.45, 7) is 1.89. The molecule has 0 unspecified atom stereocenters. The van der Waals surface area contributed by atoms with Crippen molar-refractivity contribution < 1.29 is 9.21 Å². The third-order valence-corrected chi connectivity index (χ3v) is 4.55. The van der Waals surface area contributed by atoms with Crippen LogP contribution in [0.3, 0.4) is 0 Å². The Kier molecular flexibility index (Phi) is 5.67. The topological polar surface area (TPSA) is 80.9 Å². The van der Waals surface area contributed by atoms with Gasteiger partial charge in [0.05, 0.1) is 17.4 Å². The first kappa shape index (κ1) is 17.4. The van der Waals surface area contributed by atoms with Gasteiger partial charge in [0.25, 0.3) is 5.22 Å². The van der Waals surface area contributed by atoms with Gasteiger partial charge in [0.1, 0.15) is 0 Å². The largest absolute Gasteiger partial charge is 0.411 e. The van der Waals surface area contributed by atoms with Crippen LogP contribution in [-0.4, -0.2) is 26.8 Å². The third-order valence-electron chi connectivity index (χ3n) is 3.39. The minimum Gasteiger partial charge on any atom is -0.411 e. The number of halogens is 1. The lowest BCUT2D eigenvalue weighted by atomic mass is 10.1. The molecule has 0 aliphatic heterocycles. The van der Waals surface area contributed by atoms with Gasteiger partial charge in [-0.1, -0.05) is 41.6 Å². The zero-order valence-corrected chi connectivity index (χ0v) is 14.9. The first-order valence-corrected chi connectivity index (χ1v) is 8.90. The fraction of sp³-hybridized carbons (Fsp3) is 0.176. The summed E-state index contributed by atoms with van der Waals surface area (Å²) in [6, 6.07) is 10.9. The molecule has 2 aromatic heterocycles. The number of aromatic nitrogens is 3. The standard InChI is InChI=1S/C17H15ClN4O2S/c1-11(13-6-2-3-7-14(13)18)20-15(23)10-25-17-22-21-16(24-17)12-5-4-8-19-9-12/h2-9,11H,10H2,1H3,(H,20,23)/t11-/m0/s1. The fourth-order valence-electron chi connectivity index (χ4n) is 2.19. The van der Waals surface area contributed by atoms with Crippen molar-refractivity contribution in [3.63, 3.8) is 0 Å². The molecule has 0 saturated carbocycles. The van der Waals surface area contributed by atoms with Crippen molar-refractivity contribution in [1.29, 1.82) is 0 Å². The number of amides is 1. The lowest BCUT2D eigenvalue weighted by molar-refractivity contribution is -0.119. The average molecular weight is 375 g/mol. The summed E-state index contributed by atoms with van der Waals surface area (Å²) < 4.78 is 5.53. The van der Waals surface area contributed by atoms with Crippen molar-refractivity contribution in [1.82, 2.24) is 20.5 Å². The normalized spacial score (nSPS) is 11.9. The van der Waals surface area contributed by atoms with E-state index < -0.39 is 0 Å². The van der Waals surface area contributed by atoms with Gasteiger partial charge in [-0.2, -0.15) is 0 Å². The van der Waals surface area contributed by atoms with E-state index in [4.69, 9.17) is 16.0 Å². The number of benzene rings is 1. The molecule has 25 heavy (non-hydrogen) atoms. The SMILES string of the molecule is C[C@H](NC(=O)CSc1nnc(-c2cccnc2)o1)c1ccccc1Cl. The van der Waals surface area contributed by atoms with Gasteiger partial charge in [0.2, 0.25) is 11.8 Å². The average Bonchev–Trinajstić information content (AvgIpc) is 3.10. The molecule has 1 N–H and O–H groups in total. The number of carbonyl (C=O) groups is 1. The van der Waals surface area contributed by atoms with Crippen molar-refractivity contribution in [3.05, 3.63) is 59.4 Å². The monoisotopic (exact) mass is 374 g/mol. The number of carbonyl (C=O) groups excluding carboxylic acids is 1. The van der Waals surface area contributed by atoms with Crippen LogP contribution in [0.4, 0.5) is 0 Å². The van der Waals surface area contributed by atoms with Crippen LogP contribution in [0.1, 0.15) is 18.5 Å². The van der Waals surface area contributed by atoms with Crippen LogP contribution >= 0.6 is 23.4 Å². The summed E-state index contributed by atoms with van der Waals surface area (Å²) in [5, 5.41) is 11.8. The Bertz CT molecular complexity index is 857. The number of nitrogens with one attached hydrogen (secondary N) is 1. The predicted octanol–water partition coefficient (Wildman–Crippen LogP) is 3.75. The molecule has 0 fully saturated rings. The predicted molar refractivity (Wildman–Crippen MR) is 96.3 cm³/mol. The molecule has 0 spiro atoms. The highest BCUT2D eigenvalue weighted by Crippen LogP contribution is 2.24. The lowest BCUT2D eigenvalue weighted by Crippen LogP contribution is -2.28. The van der Waals surface area contributed by atoms with E-state index in [2.05, 4.69) is 20.5 Å². The summed E-state index contributed by atoms with van der Waals surface area (Å²) in [6.07, 6.45) is 3.31. The molecule has 2 heterocycles. The van der Waals surface area contributed by atoms with Gasteiger partial charge in [-0.05, 0) is 30.7 Å². The second-order valence-corrected chi connectivity index (χ2v) is 6.55. The van der Waals surface area contributed by atoms with Crippen LogP contribution in [0, 0.1) is 0 Å². The van der Waals surface area contributed by atoms with E-state index in [-0.39, 0.29) is 17.7 Å². The summed E-state index contributed by atoms with van der Waals surface area (Å²) in [5.41, 5.74) is 1.61. The Morgan fingerprint density at radius 1 is 1.28 bits per heavy atom. The maximum absolute atomic E-state index is 12.1. The van der Waals surface area contributed by atoms with Gasteiger partial charge in [0, 0.05) is 17.4 Å². The molecule has 128 valence electrons. The number of hydrogen-bond donors (Lipinski definition) is 1. The van der Waals surface area contributed by atoms with Gasteiger partial charge in [-0.15, -0.1) is 10.2 Å². The van der Waals surface area contributed by atoms with Crippen molar-refractivity contribution in [2.45, 2.75) is 18.2 Å². The molecule has 1 atom stereocenters. The highest BCUT2D eigenvalue weighted by Gasteiger charge is 2.14. The zero-order chi connectivity index (χ0) is 17.6. The van der Waals surface area contributed by atoms with Gasteiger partial charge >= 0.3 is 0 Å². The molecule has 0 aliphatic rings. The first-order chi connectivity index (χ1) is 12.1. The molecule has 8 heteroatoms. The maximum atomic E-state index is 12.1. The van der Waals surface area contributed by atoms with Gasteiger partial charge in [-0.25, -0.2) is 0 Å². The Labute approximate surface area is 154 Å². The van der Waals surface area contributed by atoms with E-state index in [1.807, 2.05) is 31.2 Å². The molecule has 0 saturated heterocycles. The van der Waals surface area contributed by atoms with Crippen molar-refractivity contribution >= 4 is 29.3 Å². The Hall–Kier alpha value is -2.38. The second-order valence-electron chi connectivity index (χ2n) is 5.21. The summed E-state index contributed by atoms with van der Waals surface area (Å²) in [7, 11) is 0. The minimum absolute atomic E-state index is 0.140. The Morgan fingerprint density at radius 2 is 2.12 bits per heavy atom. The molecule has 3 aromatic rings. The van der Waals surface area contributed by atoms with Crippen molar-refractivity contribution in [2.75, 3.05) is 5.75 Å². The van der Waals surface area contributed by atoms with E-state index in [1.165, 1.54) is 11.8 Å². The van der Waals surface area contributed by atoms with Crippen LogP contribution in [0.25, 0.3) is 11.5 Å². The van der Waals surface area contributed by atoms with Crippen LogP contribution in [0.2, 0.25) is 5.02 Å². The van der Waals surface area contributed by atoms with Crippen molar-refractivity contribution in [3.8, 4) is 11.5 Å². The molecular weight excluding hydrogens is 360 g/mol. The zero-order valence-electron chi connectivity index (χ0n) is 13.3. The van der Waals surface area contributed by atoms with Gasteiger partial charge in [-0.3, -0.25) is 9.78 Å². The molecule has 0 radical (unpaired) electrons. The second kappa shape index (κ2) is 8.13. The van der Waals surface area contributed by atoms with E-state index in [0.29, 0.717) is 16.1 Å². The highest BCUT2D eigenvalue weighted by atomic mass is 35.5. The van der Waals surface area contributed by atoms with Crippen LogP contribution < -0.4 is 5.32 Å². The molecule has 1 amide bonds. The quantitative estimate of drug-likeness (QED) is 0.662. The maximum Gasteiger partial charge on any atom is 0.277 e. The molecule has 0 bridgehead atoms. The van der Waals surface area contributed by atoms with Crippen LogP contribution in [0.5, 0.6) is 0 Å². The van der Waals surface area contributed by atoms with E-state index in [9.17, 15) is 4.79 Å². The van der Waals surface area contributed by atoms with E-state index >= 15 is 0 Å². The molecule has 0 aliphatic carbocycles. The van der Waals surface area contributed by atoms with Crippen LogP contribution in [-0.2, 0) is 4.79 Å². The number of pyridine rings is 1.